The van der Waals surface area contributed by atoms with Crippen molar-refractivity contribution in [2.24, 2.45) is 5.92 Å². The maximum absolute atomic E-state index is 12.3. The molecule has 6 nitrogen and oxygen atoms in total. The number of benzene rings is 1. The van der Waals surface area contributed by atoms with E-state index < -0.39 is 5.97 Å². The van der Waals surface area contributed by atoms with Crippen molar-refractivity contribution in [2.45, 2.75) is 25.3 Å². The Kier molecular flexibility index (Phi) is 3.75. The number of hydrogen-bond acceptors (Lipinski definition) is 3. The fourth-order valence-corrected chi connectivity index (χ4v) is 2.96. The van der Waals surface area contributed by atoms with E-state index in [2.05, 4.69) is 10.3 Å². The average molecular weight is 302 g/mol. The van der Waals surface area contributed by atoms with Crippen LogP contribution in [0.2, 0.25) is 0 Å². The van der Waals surface area contributed by atoms with Gasteiger partial charge < -0.3 is 20.1 Å². The largest absolute Gasteiger partial charge is 0.497 e. The fourth-order valence-electron chi connectivity index (χ4n) is 2.96. The van der Waals surface area contributed by atoms with Gasteiger partial charge in [-0.15, -0.1) is 0 Å². The summed E-state index contributed by atoms with van der Waals surface area (Å²) in [6, 6.07) is 7.25. The number of methoxy groups -OCH3 is 1. The Bertz CT molecular complexity index is 722. The highest BCUT2D eigenvalue weighted by Crippen LogP contribution is 2.26. The number of fused-ring (bicyclic) bond motifs is 1. The smallest absolute Gasteiger partial charge is 0.306 e. The number of carbonyl (C=O) groups excluding carboxylic acids is 1. The summed E-state index contributed by atoms with van der Waals surface area (Å²) in [5.41, 5.74) is 1.34. The maximum atomic E-state index is 12.3. The lowest BCUT2D eigenvalue weighted by Crippen LogP contribution is -2.33. The van der Waals surface area contributed by atoms with Gasteiger partial charge in [-0.3, -0.25) is 9.59 Å². The van der Waals surface area contributed by atoms with Gasteiger partial charge in [0.05, 0.1) is 13.0 Å². The Hall–Kier alpha value is -2.50. The van der Waals surface area contributed by atoms with Crippen molar-refractivity contribution in [3.63, 3.8) is 0 Å². The van der Waals surface area contributed by atoms with Crippen LogP contribution in [-0.2, 0) is 4.79 Å². The molecule has 1 amide bonds. The number of aromatic amines is 1. The van der Waals surface area contributed by atoms with E-state index in [0.29, 0.717) is 25.0 Å². The van der Waals surface area contributed by atoms with E-state index in [-0.39, 0.29) is 17.9 Å². The molecule has 1 aromatic heterocycles. The van der Waals surface area contributed by atoms with Crippen LogP contribution in [0, 0.1) is 5.92 Å². The van der Waals surface area contributed by atoms with E-state index in [4.69, 9.17) is 9.84 Å². The van der Waals surface area contributed by atoms with Crippen LogP contribution in [0.3, 0.4) is 0 Å². The van der Waals surface area contributed by atoms with Gasteiger partial charge in [-0.05, 0) is 43.5 Å². The predicted octanol–water partition coefficient (Wildman–Crippen LogP) is 2.16. The molecule has 0 aliphatic heterocycles. The number of ether oxygens (including phenoxy) is 1. The van der Waals surface area contributed by atoms with Gasteiger partial charge in [-0.25, -0.2) is 0 Å². The molecule has 3 N–H and O–H groups in total. The lowest BCUT2D eigenvalue weighted by atomic mass is 10.1. The molecular formula is C16H18N2O4. The fraction of sp³-hybridized carbons (Fsp3) is 0.375. The Morgan fingerprint density at radius 3 is 2.82 bits per heavy atom. The lowest BCUT2D eigenvalue weighted by Gasteiger charge is -2.11. The van der Waals surface area contributed by atoms with Gasteiger partial charge in [0.15, 0.2) is 0 Å². The van der Waals surface area contributed by atoms with Gasteiger partial charge in [0.2, 0.25) is 0 Å². The Balaban J connectivity index is 1.71. The minimum absolute atomic E-state index is 0.0745. The van der Waals surface area contributed by atoms with Gasteiger partial charge in [-0.2, -0.15) is 0 Å². The van der Waals surface area contributed by atoms with E-state index in [0.717, 1.165) is 16.7 Å². The summed E-state index contributed by atoms with van der Waals surface area (Å²) in [6.07, 6.45) is 1.82. The molecular weight excluding hydrogens is 284 g/mol. The van der Waals surface area contributed by atoms with E-state index in [1.54, 1.807) is 13.2 Å². The number of H-pyrrole nitrogens is 1. The van der Waals surface area contributed by atoms with Crippen LogP contribution >= 0.6 is 0 Å². The van der Waals surface area contributed by atoms with Gasteiger partial charge in [0.1, 0.15) is 11.4 Å². The van der Waals surface area contributed by atoms with Crippen LogP contribution < -0.4 is 10.1 Å². The summed E-state index contributed by atoms with van der Waals surface area (Å²) in [6.45, 7) is 0. The number of aromatic nitrogens is 1. The standard InChI is InChI=1S/C16H18N2O4/c1-22-12-4-5-13-10(7-12)8-14(18-13)15(19)17-11-3-2-9(6-11)16(20)21/h4-5,7-9,11,18H,2-3,6H2,1H3,(H,17,19)(H,20,21)/t9-,11+/m1/s1. The first-order chi connectivity index (χ1) is 10.6. The molecule has 2 atom stereocenters. The third-order valence-electron chi connectivity index (χ3n) is 4.19. The molecule has 0 unspecified atom stereocenters. The third kappa shape index (κ3) is 2.77. The average Bonchev–Trinajstić information content (AvgIpc) is 3.12. The molecule has 0 bridgehead atoms. The maximum Gasteiger partial charge on any atom is 0.306 e. The van der Waals surface area contributed by atoms with Crippen LogP contribution in [0.25, 0.3) is 10.9 Å². The summed E-state index contributed by atoms with van der Waals surface area (Å²) in [7, 11) is 1.60. The predicted molar refractivity (Wildman–Crippen MR) is 81.1 cm³/mol. The van der Waals surface area contributed by atoms with E-state index in [9.17, 15) is 9.59 Å². The quantitative estimate of drug-likeness (QED) is 0.807. The summed E-state index contributed by atoms with van der Waals surface area (Å²) in [4.78, 5) is 26.3. The first kappa shape index (κ1) is 14.4. The minimum atomic E-state index is -0.783. The molecule has 1 saturated carbocycles. The second kappa shape index (κ2) is 5.71. The van der Waals surface area contributed by atoms with Crippen molar-refractivity contribution in [1.29, 1.82) is 0 Å². The lowest BCUT2D eigenvalue weighted by molar-refractivity contribution is -0.141. The first-order valence-corrected chi connectivity index (χ1v) is 7.27. The molecule has 116 valence electrons. The molecule has 0 spiro atoms. The van der Waals surface area contributed by atoms with Crippen LogP contribution in [0.15, 0.2) is 24.3 Å². The summed E-state index contributed by atoms with van der Waals surface area (Å²) in [5.74, 6) is -0.600. The summed E-state index contributed by atoms with van der Waals surface area (Å²) < 4.78 is 5.16. The zero-order valence-corrected chi connectivity index (χ0v) is 12.3. The second-order valence-corrected chi connectivity index (χ2v) is 5.65. The molecule has 2 aromatic rings. The molecule has 1 aliphatic rings. The first-order valence-electron chi connectivity index (χ1n) is 7.27. The van der Waals surface area contributed by atoms with Crippen molar-refractivity contribution < 1.29 is 19.4 Å². The molecule has 1 aromatic carbocycles. The zero-order valence-electron chi connectivity index (χ0n) is 12.3. The van der Waals surface area contributed by atoms with Gasteiger partial charge in [0.25, 0.3) is 5.91 Å². The van der Waals surface area contributed by atoms with Crippen LogP contribution in [0.4, 0.5) is 0 Å². The number of rotatable bonds is 4. The van der Waals surface area contributed by atoms with E-state index in [1.165, 1.54) is 0 Å². The molecule has 0 radical (unpaired) electrons. The third-order valence-corrected chi connectivity index (χ3v) is 4.19. The SMILES string of the molecule is COc1ccc2[nH]c(C(=O)N[C@H]3CC[C@@H](C(=O)O)C3)cc2c1. The monoisotopic (exact) mass is 302 g/mol. The molecule has 1 aliphatic carbocycles. The molecule has 1 heterocycles. The number of carboxylic acids is 1. The number of amides is 1. The summed E-state index contributed by atoms with van der Waals surface area (Å²) >= 11 is 0. The van der Waals surface area contributed by atoms with Crippen molar-refractivity contribution in [2.75, 3.05) is 7.11 Å². The topological polar surface area (TPSA) is 91.4 Å². The Morgan fingerprint density at radius 2 is 2.14 bits per heavy atom. The van der Waals surface area contributed by atoms with E-state index in [1.807, 2.05) is 18.2 Å². The van der Waals surface area contributed by atoms with Gasteiger partial charge in [0, 0.05) is 16.9 Å². The summed E-state index contributed by atoms with van der Waals surface area (Å²) in [5, 5.41) is 12.8. The van der Waals surface area contributed by atoms with Gasteiger partial charge in [-0.1, -0.05) is 0 Å². The van der Waals surface area contributed by atoms with E-state index >= 15 is 0 Å². The number of nitrogens with one attached hydrogen (secondary N) is 2. The molecule has 1 fully saturated rings. The highest BCUT2D eigenvalue weighted by Gasteiger charge is 2.30. The molecule has 0 saturated heterocycles. The minimum Gasteiger partial charge on any atom is -0.497 e. The van der Waals surface area contributed by atoms with Crippen LogP contribution in [0.5, 0.6) is 5.75 Å². The molecule has 22 heavy (non-hydrogen) atoms. The van der Waals surface area contributed by atoms with Crippen molar-refractivity contribution in [3.8, 4) is 5.75 Å². The number of carboxylic acid groups (broad SMARTS) is 1. The highest BCUT2D eigenvalue weighted by atomic mass is 16.5. The second-order valence-electron chi connectivity index (χ2n) is 5.65. The van der Waals surface area contributed by atoms with Crippen LogP contribution in [0.1, 0.15) is 29.8 Å². The Labute approximate surface area is 127 Å². The van der Waals surface area contributed by atoms with Crippen molar-refractivity contribution >= 4 is 22.8 Å². The molecule has 6 heteroatoms. The van der Waals surface area contributed by atoms with Crippen molar-refractivity contribution in [1.82, 2.24) is 10.3 Å². The normalized spacial score (nSPS) is 21.0. The highest BCUT2D eigenvalue weighted by molar-refractivity contribution is 5.98. The van der Waals surface area contributed by atoms with Crippen LogP contribution in [-0.4, -0.2) is 35.1 Å². The number of carbonyl (C=O) groups is 2. The number of hydrogen-bond donors (Lipinski definition) is 3. The van der Waals surface area contributed by atoms with Crippen molar-refractivity contribution in [3.05, 3.63) is 30.0 Å². The zero-order chi connectivity index (χ0) is 15.7. The Morgan fingerprint density at radius 1 is 1.32 bits per heavy atom. The number of aliphatic carboxylic acids is 1. The molecule has 3 rings (SSSR count). The van der Waals surface area contributed by atoms with Gasteiger partial charge >= 0.3 is 5.97 Å².